The second-order valence-corrected chi connectivity index (χ2v) is 5.07. The van der Waals surface area contributed by atoms with Crippen LogP contribution in [0.25, 0.3) is 0 Å². The summed E-state index contributed by atoms with van der Waals surface area (Å²) < 4.78 is 5.86. The zero-order chi connectivity index (χ0) is 10.3. The summed E-state index contributed by atoms with van der Waals surface area (Å²) in [6.07, 6.45) is 6.61. The first-order valence-corrected chi connectivity index (χ1v) is 6.12. The van der Waals surface area contributed by atoms with E-state index in [1.54, 1.807) is 0 Å². The van der Waals surface area contributed by atoms with Gasteiger partial charge in [-0.1, -0.05) is 6.42 Å². The second kappa shape index (κ2) is 3.38. The number of hydrogen-bond donors (Lipinski definition) is 1. The Morgan fingerprint density at radius 2 is 2.20 bits per heavy atom. The second-order valence-electron chi connectivity index (χ2n) is 5.07. The quantitative estimate of drug-likeness (QED) is 0.803. The van der Waals surface area contributed by atoms with Gasteiger partial charge in [0.25, 0.3) is 0 Å². The smallest absolute Gasteiger partial charge is 0.111 e. The largest absolute Gasteiger partial charge is 0.466 e. The SMILES string of the molecule is Cc1ccc(C2(C3CCCN3)CCC2)o1. The van der Waals surface area contributed by atoms with E-state index in [-0.39, 0.29) is 0 Å². The lowest BCUT2D eigenvalue weighted by atomic mass is 9.62. The van der Waals surface area contributed by atoms with Crippen molar-refractivity contribution in [2.75, 3.05) is 6.54 Å². The van der Waals surface area contributed by atoms with E-state index in [0.29, 0.717) is 11.5 Å². The predicted octanol–water partition coefficient (Wildman–Crippen LogP) is 2.76. The number of rotatable bonds is 2. The van der Waals surface area contributed by atoms with E-state index in [1.807, 2.05) is 6.92 Å². The maximum absolute atomic E-state index is 5.86. The first-order chi connectivity index (χ1) is 7.31. The van der Waals surface area contributed by atoms with Crippen molar-refractivity contribution in [2.45, 2.75) is 50.5 Å². The van der Waals surface area contributed by atoms with Crippen molar-refractivity contribution in [3.63, 3.8) is 0 Å². The molecule has 1 saturated heterocycles. The summed E-state index contributed by atoms with van der Waals surface area (Å²) in [4.78, 5) is 0. The van der Waals surface area contributed by atoms with Gasteiger partial charge in [0.15, 0.2) is 0 Å². The Labute approximate surface area is 91.0 Å². The average molecular weight is 205 g/mol. The lowest BCUT2D eigenvalue weighted by Gasteiger charge is -2.45. The molecular weight excluding hydrogens is 186 g/mol. The minimum atomic E-state index is 0.338. The molecule has 82 valence electrons. The fraction of sp³-hybridized carbons (Fsp3) is 0.692. The molecule has 3 rings (SSSR count). The molecule has 1 unspecified atom stereocenters. The normalized spacial score (nSPS) is 29.0. The Morgan fingerprint density at radius 1 is 1.33 bits per heavy atom. The molecule has 0 radical (unpaired) electrons. The fourth-order valence-corrected chi connectivity index (χ4v) is 3.18. The molecule has 1 aliphatic heterocycles. The summed E-state index contributed by atoms with van der Waals surface area (Å²) in [5.74, 6) is 2.28. The van der Waals surface area contributed by atoms with Gasteiger partial charge in [-0.25, -0.2) is 0 Å². The van der Waals surface area contributed by atoms with Crippen molar-refractivity contribution in [2.24, 2.45) is 0 Å². The molecule has 1 aromatic rings. The van der Waals surface area contributed by atoms with Crippen LogP contribution in [0.3, 0.4) is 0 Å². The van der Waals surface area contributed by atoms with Crippen LogP contribution in [0.1, 0.15) is 43.6 Å². The Bertz CT molecular complexity index is 345. The van der Waals surface area contributed by atoms with Crippen LogP contribution in [0, 0.1) is 6.92 Å². The summed E-state index contributed by atoms with van der Waals surface area (Å²) in [6, 6.07) is 4.95. The highest BCUT2D eigenvalue weighted by Crippen LogP contribution is 2.48. The zero-order valence-corrected chi connectivity index (χ0v) is 9.38. The van der Waals surface area contributed by atoms with Crippen LogP contribution in [0.5, 0.6) is 0 Å². The Hall–Kier alpha value is -0.760. The van der Waals surface area contributed by atoms with Gasteiger partial charge >= 0.3 is 0 Å². The van der Waals surface area contributed by atoms with Crippen LogP contribution >= 0.6 is 0 Å². The van der Waals surface area contributed by atoms with Gasteiger partial charge in [0.05, 0.1) is 0 Å². The molecule has 1 aliphatic carbocycles. The summed E-state index contributed by atoms with van der Waals surface area (Å²) in [5.41, 5.74) is 0.338. The molecule has 1 aromatic heterocycles. The topological polar surface area (TPSA) is 25.2 Å². The predicted molar refractivity (Wildman–Crippen MR) is 60.0 cm³/mol. The van der Waals surface area contributed by atoms with Crippen molar-refractivity contribution in [3.8, 4) is 0 Å². The zero-order valence-electron chi connectivity index (χ0n) is 9.38. The molecule has 1 N–H and O–H groups in total. The first-order valence-electron chi connectivity index (χ1n) is 6.12. The summed E-state index contributed by atoms with van der Waals surface area (Å²) in [6.45, 7) is 3.23. The highest BCUT2D eigenvalue weighted by molar-refractivity contribution is 5.24. The van der Waals surface area contributed by atoms with Crippen molar-refractivity contribution >= 4 is 0 Å². The molecule has 0 aromatic carbocycles. The molecule has 1 atom stereocenters. The third-order valence-corrected chi connectivity index (χ3v) is 4.20. The van der Waals surface area contributed by atoms with Gasteiger partial charge in [0, 0.05) is 11.5 Å². The van der Waals surface area contributed by atoms with Gasteiger partial charge in [-0.3, -0.25) is 0 Å². The third-order valence-electron chi connectivity index (χ3n) is 4.20. The highest BCUT2D eigenvalue weighted by Gasteiger charge is 2.48. The van der Waals surface area contributed by atoms with E-state index in [4.69, 9.17) is 4.42 Å². The van der Waals surface area contributed by atoms with E-state index in [2.05, 4.69) is 17.4 Å². The molecular formula is C13H19NO. The van der Waals surface area contributed by atoms with Crippen molar-refractivity contribution in [1.29, 1.82) is 0 Å². The molecule has 2 aliphatic rings. The van der Waals surface area contributed by atoms with E-state index < -0.39 is 0 Å². The highest BCUT2D eigenvalue weighted by atomic mass is 16.3. The van der Waals surface area contributed by atoms with Crippen molar-refractivity contribution in [1.82, 2.24) is 5.32 Å². The van der Waals surface area contributed by atoms with Crippen molar-refractivity contribution < 1.29 is 4.42 Å². The number of nitrogens with one attached hydrogen (secondary N) is 1. The van der Waals surface area contributed by atoms with Gasteiger partial charge in [-0.2, -0.15) is 0 Å². The molecule has 0 bridgehead atoms. The van der Waals surface area contributed by atoms with Gasteiger partial charge in [-0.15, -0.1) is 0 Å². The molecule has 0 amide bonds. The van der Waals surface area contributed by atoms with Crippen LogP contribution in [0.15, 0.2) is 16.5 Å². The van der Waals surface area contributed by atoms with Crippen LogP contribution in [-0.2, 0) is 5.41 Å². The first kappa shape index (κ1) is 9.46. The summed E-state index contributed by atoms with van der Waals surface area (Å²) in [5, 5.41) is 3.65. The molecule has 2 fully saturated rings. The standard InChI is InChI=1S/C13H19NO/c1-10-5-6-12(15-10)13(7-3-8-13)11-4-2-9-14-11/h5-6,11,14H,2-4,7-9H2,1H3. The van der Waals surface area contributed by atoms with Gasteiger partial charge in [-0.05, 0) is 51.3 Å². The molecule has 2 nitrogen and oxygen atoms in total. The molecule has 2 heterocycles. The Morgan fingerprint density at radius 3 is 2.67 bits per heavy atom. The number of aryl methyl sites for hydroxylation is 1. The lowest BCUT2D eigenvalue weighted by Crippen LogP contribution is -2.49. The molecule has 15 heavy (non-hydrogen) atoms. The fourth-order valence-electron chi connectivity index (χ4n) is 3.18. The van der Waals surface area contributed by atoms with Gasteiger partial charge in [0.1, 0.15) is 11.5 Å². The third kappa shape index (κ3) is 1.35. The Balaban J connectivity index is 1.91. The molecule has 0 spiro atoms. The van der Waals surface area contributed by atoms with E-state index in [0.717, 1.165) is 5.76 Å². The van der Waals surface area contributed by atoms with Crippen LogP contribution in [-0.4, -0.2) is 12.6 Å². The van der Waals surface area contributed by atoms with Crippen LogP contribution in [0.4, 0.5) is 0 Å². The maximum atomic E-state index is 5.86. The van der Waals surface area contributed by atoms with E-state index in [9.17, 15) is 0 Å². The monoisotopic (exact) mass is 205 g/mol. The van der Waals surface area contributed by atoms with Crippen LogP contribution < -0.4 is 5.32 Å². The minimum Gasteiger partial charge on any atom is -0.466 e. The summed E-state index contributed by atoms with van der Waals surface area (Å²) in [7, 11) is 0. The molecule has 1 saturated carbocycles. The molecule has 2 heteroatoms. The maximum Gasteiger partial charge on any atom is 0.111 e. The van der Waals surface area contributed by atoms with E-state index >= 15 is 0 Å². The number of furan rings is 1. The lowest BCUT2D eigenvalue weighted by molar-refractivity contribution is 0.147. The van der Waals surface area contributed by atoms with Gasteiger partial charge in [0.2, 0.25) is 0 Å². The van der Waals surface area contributed by atoms with Crippen molar-refractivity contribution in [3.05, 3.63) is 23.7 Å². The average Bonchev–Trinajstić information content (AvgIpc) is 2.75. The number of hydrogen-bond acceptors (Lipinski definition) is 2. The Kier molecular flexibility index (Phi) is 2.13. The summed E-state index contributed by atoms with van der Waals surface area (Å²) >= 11 is 0. The van der Waals surface area contributed by atoms with Crippen LogP contribution in [0.2, 0.25) is 0 Å². The van der Waals surface area contributed by atoms with E-state index in [1.165, 1.54) is 44.4 Å². The van der Waals surface area contributed by atoms with Gasteiger partial charge < -0.3 is 9.73 Å². The minimum absolute atomic E-state index is 0.338.